The van der Waals surface area contributed by atoms with Crippen molar-refractivity contribution in [1.29, 1.82) is 0 Å². The van der Waals surface area contributed by atoms with Crippen molar-refractivity contribution in [2.75, 3.05) is 0 Å². The summed E-state index contributed by atoms with van der Waals surface area (Å²) in [4.78, 5) is 25.2. The Morgan fingerprint density at radius 3 is 2.86 bits per heavy atom. The molecule has 6 heteroatoms. The van der Waals surface area contributed by atoms with Gasteiger partial charge in [-0.15, -0.1) is 0 Å². The number of imidazole rings is 1. The molecule has 2 aromatic rings. The third kappa shape index (κ3) is 1.83. The molecule has 0 aliphatic carbocycles. The smallest absolute Gasteiger partial charge is 0.329 e. The van der Waals surface area contributed by atoms with Gasteiger partial charge in [0.25, 0.3) is 0 Å². The van der Waals surface area contributed by atoms with Crippen molar-refractivity contribution in [3.8, 4) is 0 Å². The summed E-state index contributed by atoms with van der Waals surface area (Å²) in [6, 6.07) is 3.46. The van der Waals surface area contributed by atoms with Gasteiger partial charge < -0.3 is 5.32 Å². The van der Waals surface area contributed by atoms with E-state index in [4.69, 9.17) is 0 Å². The van der Waals surface area contributed by atoms with Crippen molar-refractivity contribution in [3.05, 3.63) is 44.9 Å². The van der Waals surface area contributed by atoms with Crippen LogP contribution in [0.1, 0.15) is 30.9 Å². The second kappa shape index (κ2) is 4.84. The van der Waals surface area contributed by atoms with Crippen LogP contribution in [-0.4, -0.2) is 15.0 Å². The van der Waals surface area contributed by atoms with Gasteiger partial charge in [-0.3, -0.25) is 13.9 Å². The van der Waals surface area contributed by atoms with Gasteiger partial charge in [-0.1, -0.05) is 22.5 Å². The number of carbonyl (C=O) groups excluding carboxylic acids is 1. The molecule has 0 spiro atoms. The van der Waals surface area contributed by atoms with Gasteiger partial charge in [-0.2, -0.15) is 0 Å². The zero-order chi connectivity index (χ0) is 15.4. The standard InChI is InChI=1S/C16H16BrN3O2/c1-9-4-6-13(15(21)18-9)20-12-7-5-11(17)10-3-2-8-19(14(10)12)16(20)22/h5,7,13H,1-4,6,8H2,(H,18,21). The Kier molecular flexibility index (Phi) is 3.04. The number of allylic oxidation sites excluding steroid dienone is 1. The lowest BCUT2D eigenvalue weighted by atomic mass is 10.0. The molecule has 3 heterocycles. The summed E-state index contributed by atoms with van der Waals surface area (Å²) >= 11 is 3.58. The average molecular weight is 362 g/mol. The van der Waals surface area contributed by atoms with Crippen LogP contribution in [0.4, 0.5) is 0 Å². The van der Waals surface area contributed by atoms with Crippen LogP contribution in [0.3, 0.4) is 0 Å². The highest BCUT2D eigenvalue weighted by Crippen LogP contribution is 2.33. The van der Waals surface area contributed by atoms with Crippen molar-refractivity contribution in [2.45, 2.75) is 38.3 Å². The van der Waals surface area contributed by atoms with E-state index >= 15 is 0 Å². The van der Waals surface area contributed by atoms with Gasteiger partial charge in [-0.25, -0.2) is 4.79 Å². The van der Waals surface area contributed by atoms with E-state index in [-0.39, 0.29) is 11.6 Å². The van der Waals surface area contributed by atoms with Crippen LogP contribution in [0.5, 0.6) is 0 Å². The molecule has 22 heavy (non-hydrogen) atoms. The van der Waals surface area contributed by atoms with Crippen molar-refractivity contribution in [2.24, 2.45) is 0 Å². The normalized spacial score (nSPS) is 21.2. The summed E-state index contributed by atoms with van der Waals surface area (Å²) in [6.07, 6.45) is 3.23. The van der Waals surface area contributed by atoms with E-state index in [9.17, 15) is 9.59 Å². The predicted molar refractivity (Wildman–Crippen MR) is 87.8 cm³/mol. The van der Waals surface area contributed by atoms with E-state index < -0.39 is 6.04 Å². The molecule has 1 unspecified atom stereocenters. The van der Waals surface area contributed by atoms with Gasteiger partial charge >= 0.3 is 5.69 Å². The number of halogens is 1. The number of nitrogens with one attached hydrogen (secondary N) is 1. The van der Waals surface area contributed by atoms with E-state index in [2.05, 4.69) is 27.8 Å². The number of aromatic nitrogens is 2. The maximum Gasteiger partial charge on any atom is 0.329 e. The summed E-state index contributed by atoms with van der Waals surface area (Å²) in [5.74, 6) is -0.138. The maximum absolute atomic E-state index is 12.9. The Morgan fingerprint density at radius 2 is 2.09 bits per heavy atom. The largest absolute Gasteiger partial charge is 0.329 e. The average Bonchev–Trinajstić information content (AvgIpc) is 2.78. The molecule has 4 rings (SSSR count). The number of amides is 1. The Balaban J connectivity index is 1.98. The Morgan fingerprint density at radius 1 is 1.27 bits per heavy atom. The SMILES string of the molecule is C=C1CCC(n2c(=O)n3c4c(c(Br)ccc42)CCC3)C(=O)N1. The zero-order valence-electron chi connectivity index (χ0n) is 12.1. The lowest BCUT2D eigenvalue weighted by Gasteiger charge is -2.24. The first kappa shape index (κ1) is 13.8. The van der Waals surface area contributed by atoms with E-state index in [0.717, 1.165) is 34.0 Å². The molecule has 1 atom stereocenters. The molecule has 2 aliphatic rings. The minimum absolute atomic E-state index is 0.0817. The summed E-state index contributed by atoms with van der Waals surface area (Å²) in [5.41, 5.74) is 3.64. The molecular formula is C16H16BrN3O2. The van der Waals surface area contributed by atoms with E-state index in [0.29, 0.717) is 19.4 Å². The van der Waals surface area contributed by atoms with Crippen LogP contribution in [0.2, 0.25) is 0 Å². The molecule has 114 valence electrons. The first-order valence-electron chi connectivity index (χ1n) is 7.48. The number of aryl methyl sites for hydroxylation is 2. The van der Waals surface area contributed by atoms with Gasteiger partial charge in [0, 0.05) is 16.7 Å². The minimum Gasteiger partial charge on any atom is -0.329 e. The zero-order valence-corrected chi connectivity index (χ0v) is 13.6. The molecule has 1 saturated heterocycles. The summed E-state index contributed by atoms with van der Waals surface area (Å²) < 4.78 is 4.51. The predicted octanol–water partition coefficient (Wildman–Crippen LogP) is 2.48. The maximum atomic E-state index is 12.9. The van der Waals surface area contributed by atoms with E-state index in [1.807, 2.05) is 16.7 Å². The number of rotatable bonds is 1. The van der Waals surface area contributed by atoms with Crippen LogP contribution < -0.4 is 11.0 Å². The fourth-order valence-corrected chi connectivity index (χ4v) is 4.11. The first-order chi connectivity index (χ1) is 10.6. The van der Waals surface area contributed by atoms with Gasteiger partial charge in [-0.05, 0) is 43.4 Å². The van der Waals surface area contributed by atoms with Gasteiger partial charge in [0.1, 0.15) is 6.04 Å². The second-order valence-electron chi connectivity index (χ2n) is 5.95. The monoisotopic (exact) mass is 361 g/mol. The van der Waals surface area contributed by atoms with Crippen LogP contribution in [0.15, 0.2) is 33.7 Å². The third-order valence-corrected chi connectivity index (χ3v) is 5.36. The Labute approximate surface area is 135 Å². The molecule has 1 N–H and O–H groups in total. The number of hydrogen-bond donors (Lipinski definition) is 1. The van der Waals surface area contributed by atoms with Gasteiger partial charge in [0.05, 0.1) is 11.0 Å². The van der Waals surface area contributed by atoms with Gasteiger partial charge in [0.15, 0.2) is 0 Å². The van der Waals surface area contributed by atoms with Crippen molar-refractivity contribution in [1.82, 2.24) is 14.5 Å². The summed E-state index contributed by atoms with van der Waals surface area (Å²) in [5, 5.41) is 2.78. The molecule has 1 aromatic carbocycles. The third-order valence-electron chi connectivity index (χ3n) is 4.61. The second-order valence-corrected chi connectivity index (χ2v) is 6.80. The number of carbonyl (C=O) groups is 1. The van der Waals surface area contributed by atoms with Crippen molar-refractivity contribution in [3.63, 3.8) is 0 Å². The molecule has 0 bridgehead atoms. The highest BCUT2D eigenvalue weighted by atomic mass is 79.9. The van der Waals surface area contributed by atoms with E-state index in [1.54, 1.807) is 4.57 Å². The number of piperidine rings is 1. The molecule has 0 radical (unpaired) electrons. The number of hydrogen-bond acceptors (Lipinski definition) is 2. The van der Waals surface area contributed by atoms with E-state index in [1.165, 1.54) is 5.56 Å². The van der Waals surface area contributed by atoms with Crippen molar-refractivity contribution >= 4 is 32.9 Å². The number of nitrogens with zero attached hydrogens (tertiary/aromatic N) is 2. The molecule has 1 aromatic heterocycles. The first-order valence-corrected chi connectivity index (χ1v) is 8.28. The lowest BCUT2D eigenvalue weighted by Crippen LogP contribution is -2.40. The number of benzene rings is 1. The molecule has 2 aliphatic heterocycles. The van der Waals surface area contributed by atoms with Gasteiger partial charge in [0.2, 0.25) is 5.91 Å². The highest BCUT2D eigenvalue weighted by molar-refractivity contribution is 9.10. The Hall–Kier alpha value is -1.82. The van der Waals surface area contributed by atoms with Crippen molar-refractivity contribution < 1.29 is 4.79 Å². The van der Waals surface area contributed by atoms with Crippen LogP contribution in [0.25, 0.3) is 11.0 Å². The molecule has 1 fully saturated rings. The molecule has 0 saturated carbocycles. The molecule has 1 amide bonds. The fourth-order valence-electron chi connectivity index (χ4n) is 3.59. The van der Waals surface area contributed by atoms with Crippen LogP contribution >= 0.6 is 15.9 Å². The fraction of sp³-hybridized carbons (Fsp3) is 0.375. The van der Waals surface area contributed by atoms with Crippen LogP contribution in [-0.2, 0) is 17.8 Å². The quantitative estimate of drug-likeness (QED) is 0.848. The summed E-state index contributed by atoms with van der Waals surface area (Å²) in [7, 11) is 0. The minimum atomic E-state index is -0.450. The highest BCUT2D eigenvalue weighted by Gasteiger charge is 2.31. The molecular weight excluding hydrogens is 346 g/mol. The Bertz CT molecular complexity index is 878. The van der Waals surface area contributed by atoms with Crippen LogP contribution in [0, 0.1) is 0 Å². The summed E-state index contributed by atoms with van der Waals surface area (Å²) in [6.45, 7) is 4.52. The molecule has 5 nitrogen and oxygen atoms in total. The lowest BCUT2D eigenvalue weighted by molar-refractivity contribution is -0.124. The topological polar surface area (TPSA) is 56.0 Å².